The molecule has 2 rings (SSSR count). The molecule has 56 valence electrons. The zero-order valence-electron chi connectivity index (χ0n) is 6.42. The molecule has 0 aromatic carbocycles. The summed E-state index contributed by atoms with van der Waals surface area (Å²) in [6.45, 7) is 3.62. The van der Waals surface area contributed by atoms with Gasteiger partial charge >= 0.3 is 0 Å². The fourth-order valence-electron chi connectivity index (χ4n) is 2.68. The highest BCUT2D eigenvalue weighted by Crippen LogP contribution is 2.44. The van der Waals surface area contributed by atoms with E-state index in [0.717, 1.165) is 11.8 Å². The molecule has 0 aliphatic heterocycles. The minimum atomic E-state index is 0.621. The van der Waals surface area contributed by atoms with Crippen molar-refractivity contribution < 1.29 is 0 Å². The number of hydrogen-bond acceptors (Lipinski definition) is 1. The van der Waals surface area contributed by atoms with E-state index in [9.17, 15) is 0 Å². The van der Waals surface area contributed by atoms with Gasteiger partial charge in [0.1, 0.15) is 0 Å². The largest absolute Gasteiger partial charge is 0.298 e. The second-order valence-electron chi connectivity index (χ2n) is 3.76. The van der Waals surface area contributed by atoms with E-state index in [1.807, 2.05) is 0 Å². The third-order valence-electron chi connectivity index (χ3n) is 3.22. The first-order valence-electron chi connectivity index (χ1n) is 4.36. The summed E-state index contributed by atoms with van der Waals surface area (Å²) in [4.78, 5) is 4.12. The molecule has 0 amide bonds. The zero-order valence-corrected chi connectivity index (χ0v) is 6.42. The Labute approximate surface area is 62.5 Å². The molecule has 0 aromatic heterocycles. The standard InChI is InChI=1S/C9H15N/c1-10-9-5-7-3-2-4-8(7)6-9/h7-9H,1-6H2. The molecule has 2 unspecified atom stereocenters. The van der Waals surface area contributed by atoms with Crippen LogP contribution in [-0.4, -0.2) is 12.8 Å². The number of hydrogen-bond donors (Lipinski definition) is 0. The van der Waals surface area contributed by atoms with Gasteiger partial charge in [-0.25, -0.2) is 0 Å². The lowest BCUT2D eigenvalue weighted by Gasteiger charge is -2.04. The van der Waals surface area contributed by atoms with Crippen LogP contribution in [0.15, 0.2) is 4.99 Å². The van der Waals surface area contributed by atoms with Crippen molar-refractivity contribution >= 4 is 6.72 Å². The lowest BCUT2D eigenvalue weighted by molar-refractivity contribution is 0.457. The van der Waals surface area contributed by atoms with Gasteiger partial charge in [-0.3, -0.25) is 4.99 Å². The molecular weight excluding hydrogens is 122 g/mol. The van der Waals surface area contributed by atoms with Gasteiger partial charge in [-0.2, -0.15) is 0 Å². The molecule has 2 fully saturated rings. The van der Waals surface area contributed by atoms with E-state index in [2.05, 4.69) is 11.7 Å². The van der Waals surface area contributed by atoms with Gasteiger partial charge in [0.05, 0.1) is 0 Å². The lowest BCUT2D eigenvalue weighted by Crippen LogP contribution is -1.97. The maximum atomic E-state index is 4.12. The lowest BCUT2D eigenvalue weighted by atomic mass is 10.0. The summed E-state index contributed by atoms with van der Waals surface area (Å²) in [5.74, 6) is 2.05. The molecule has 0 heterocycles. The average Bonchev–Trinajstić information content (AvgIpc) is 2.42. The van der Waals surface area contributed by atoms with Crippen molar-refractivity contribution in [2.24, 2.45) is 16.8 Å². The van der Waals surface area contributed by atoms with Gasteiger partial charge in [0.15, 0.2) is 0 Å². The van der Waals surface area contributed by atoms with Crippen molar-refractivity contribution in [3.63, 3.8) is 0 Å². The summed E-state index contributed by atoms with van der Waals surface area (Å²) in [5, 5.41) is 0. The molecule has 10 heavy (non-hydrogen) atoms. The van der Waals surface area contributed by atoms with E-state index in [1.54, 1.807) is 0 Å². The Balaban J connectivity index is 1.99. The zero-order chi connectivity index (χ0) is 6.97. The van der Waals surface area contributed by atoms with Gasteiger partial charge < -0.3 is 0 Å². The molecule has 2 aliphatic carbocycles. The van der Waals surface area contributed by atoms with Crippen LogP contribution in [0.4, 0.5) is 0 Å². The van der Waals surface area contributed by atoms with Crippen LogP contribution >= 0.6 is 0 Å². The maximum absolute atomic E-state index is 4.12. The van der Waals surface area contributed by atoms with E-state index in [4.69, 9.17) is 0 Å². The predicted molar refractivity (Wildman–Crippen MR) is 43.4 cm³/mol. The van der Waals surface area contributed by atoms with Crippen LogP contribution in [0.1, 0.15) is 32.1 Å². The minimum absolute atomic E-state index is 0.621. The highest BCUT2D eigenvalue weighted by atomic mass is 14.8. The number of nitrogens with zero attached hydrogens (tertiary/aromatic N) is 1. The van der Waals surface area contributed by atoms with Crippen LogP contribution < -0.4 is 0 Å². The highest BCUT2D eigenvalue weighted by molar-refractivity contribution is 5.24. The molecule has 0 radical (unpaired) electrons. The summed E-state index contributed by atoms with van der Waals surface area (Å²) in [7, 11) is 0. The molecule has 1 heteroatoms. The predicted octanol–water partition coefficient (Wildman–Crippen LogP) is 2.27. The SMILES string of the molecule is C=NC1CC2CCCC2C1. The highest BCUT2D eigenvalue weighted by Gasteiger charge is 2.36. The van der Waals surface area contributed by atoms with Crippen molar-refractivity contribution in [3.8, 4) is 0 Å². The van der Waals surface area contributed by atoms with Crippen LogP contribution in [0.25, 0.3) is 0 Å². The van der Waals surface area contributed by atoms with E-state index in [1.165, 1.54) is 32.1 Å². The first kappa shape index (κ1) is 6.38. The first-order valence-corrected chi connectivity index (χ1v) is 4.36. The number of fused-ring (bicyclic) bond motifs is 1. The van der Waals surface area contributed by atoms with Crippen molar-refractivity contribution in [1.29, 1.82) is 0 Å². The van der Waals surface area contributed by atoms with E-state index in [-0.39, 0.29) is 0 Å². The quantitative estimate of drug-likeness (QED) is 0.492. The third-order valence-corrected chi connectivity index (χ3v) is 3.22. The molecule has 2 saturated carbocycles. The van der Waals surface area contributed by atoms with Gasteiger partial charge in [-0.15, -0.1) is 0 Å². The molecule has 0 spiro atoms. The van der Waals surface area contributed by atoms with Gasteiger partial charge in [-0.1, -0.05) is 19.3 Å². The van der Waals surface area contributed by atoms with Crippen LogP contribution in [0, 0.1) is 11.8 Å². The summed E-state index contributed by atoms with van der Waals surface area (Å²) in [6.07, 6.45) is 7.09. The molecule has 0 saturated heterocycles. The van der Waals surface area contributed by atoms with Crippen molar-refractivity contribution in [3.05, 3.63) is 0 Å². The van der Waals surface area contributed by atoms with Crippen LogP contribution in [0.5, 0.6) is 0 Å². The molecule has 0 aromatic rings. The molecule has 0 bridgehead atoms. The minimum Gasteiger partial charge on any atom is -0.298 e. The van der Waals surface area contributed by atoms with Crippen molar-refractivity contribution in [1.82, 2.24) is 0 Å². The maximum Gasteiger partial charge on any atom is 0.0497 e. The van der Waals surface area contributed by atoms with E-state index >= 15 is 0 Å². The van der Waals surface area contributed by atoms with E-state index in [0.29, 0.717) is 6.04 Å². The van der Waals surface area contributed by atoms with E-state index < -0.39 is 0 Å². The normalized spacial score (nSPS) is 45.4. The van der Waals surface area contributed by atoms with Crippen LogP contribution in [-0.2, 0) is 0 Å². The molecule has 0 N–H and O–H groups in total. The second kappa shape index (κ2) is 2.37. The van der Waals surface area contributed by atoms with Crippen LogP contribution in [0.2, 0.25) is 0 Å². The Hall–Kier alpha value is -0.330. The summed E-state index contributed by atoms with van der Waals surface area (Å²) < 4.78 is 0. The van der Waals surface area contributed by atoms with Crippen molar-refractivity contribution in [2.75, 3.05) is 0 Å². The van der Waals surface area contributed by atoms with Crippen molar-refractivity contribution in [2.45, 2.75) is 38.1 Å². The first-order chi connectivity index (χ1) is 4.90. The Morgan fingerprint density at radius 2 is 1.70 bits per heavy atom. The smallest absolute Gasteiger partial charge is 0.0497 e. The fraction of sp³-hybridized carbons (Fsp3) is 0.889. The Morgan fingerprint density at radius 1 is 1.10 bits per heavy atom. The van der Waals surface area contributed by atoms with Gasteiger partial charge in [0.25, 0.3) is 0 Å². The monoisotopic (exact) mass is 137 g/mol. The molecule has 2 aliphatic rings. The third kappa shape index (κ3) is 0.882. The molecule has 2 atom stereocenters. The topological polar surface area (TPSA) is 12.4 Å². The Bertz CT molecular complexity index is 130. The number of rotatable bonds is 1. The van der Waals surface area contributed by atoms with Gasteiger partial charge in [-0.05, 0) is 31.4 Å². The summed E-state index contributed by atoms with van der Waals surface area (Å²) in [5.41, 5.74) is 0. The molecule has 1 nitrogen and oxygen atoms in total. The molecular formula is C9H15N. The van der Waals surface area contributed by atoms with Gasteiger partial charge in [0, 0.05) is 6.04 Å². The summed E-state index contributed by atoms with van der Waals surface area (Å²) >= 11 is 0. The van der Waals surface area contributed by atoms with Crippen LogP contribution in [0.3, 0.4) is 0 Å². The summed E-state index contributed by atoms with van der Waals surface area (Å²) in [6, 6.07) is 0.621. The second-order valence-corrected chi connectivity index (χ2v) is 3.76. The Morgan fingerprint density at radius 3 is 2.20 bits per heavy atom. The average molecular weight is 137 g/mol. The fourth-order valence-corrected chi connectivity index (χ4v) is 2.68. The Kier molecular flexibility index (Phi) is 1.51. The van der Waals surface area contributed by atoms with Gasteiger partial charge in [0.2, 0.25) is 0 Å². The number of aliphatic imine (C=N–C) groups is 1.